The van der Waals surface area contributed by atoms with Gasteiger partial charge in [-0.15, -0.1) is 13.2 Å². The highest BCUT2D eigenvalue weighted by atomic mass is 16.5. The van der Waals surface area contributed by atoms with Crippen LogP contribution in [0.15, 0.2) is 49.6 Å². The summed E-state index contributed by atoms with van der Waals surface area (Å²) in [6, 6.07) is 7.57. The van der Waals surface area contributed by atoms with Gasteiger partial charge in [0.1, 0.15) is 5.75 Å². The second kappa shape index (κ2) is 8.29. The smallest absolute Gasteiger partial charge is 0.311 e. The van der Waals surface area contributed by atoms with Crippen molar-refractivity contribution in [1.82, 2.24) is 0 Å². The number of benzene rings is 1. The van der Waals surface area contributed by atoms with Gasteiger partial charge in [0.05, 0.1) is 0 Å². The molecule has 0 bridgehead atoms. The van der Waals surface area contributed by atoms with E-state index in [0.717, 1.165) is 24.8 Å². The molecule has 0 aliphatic rings. The molecule has 2 heteroatoms. The van der Waals surface area contributed by atoms with Gasteiger partial charge >= 0.3 is 5.97 Å². The van der Waals surface area contributed by atoms with Gasteiger partial charge in [0.25, 0.3) is 0 Å². The average Bonchev–Trinajstić information content (AvgIpc) is 2.37. The van der Waals surface area contributed by atoms with Gasteiger partial charge < -0.3 is 4.74 Å². The number of rotatable bonds is 8. The number of carbonyl (C=O) groups is 1. The number of para-hydroxylation sites is 1. The highest BCUT2D eigenvalue weighted by Crippen LogP contribution is 2.19. The standard InChI is InChI=1S/C16H20O2/c1-3-5-6-7-13-16(17)18-15-12-9-8-11-14(15)10-4-2/h3-4,8-9,11-12H,1-2,5-7,10,13H2. The van der Waals surface area contributed by atoms with Crippen LogP contribution < -0.4 is 4.74 Å². The van der Waals surface area contributed by atoms with E-state index in [0.29, 0.717) is 18.6 Å². The number of hydrogen-bond acceptors (Lipinski definition) is 2. The lowest BCUT2D eigenvalue weighted by Gasteiger charge is -2.08. The van der Waals surface area contributed by atoms with Gasteiger partial charge in [-0.25, -0.2) is 0 Å². The van der Waals surface area contributed by atoms with Gasteiger partial charge in [-0.1, -0.05) is 30.4 Å². The molecule has 0 radical (unpaired) electrons. The number of carbonyl (C=O) groups excluding carboxylic acids is 1. The lowest BCUT2D eigenvalue weighted by atomic mass is 10.1. The highest BCUT2D eigenvalue weighted by molar-refractivity contribution is 5.72. The van der Waals surface area contributed by atoms with E-state index in [1.165, 1.54) is 0 Å². The fourth-order valence-electron chi connectivity index (χ4n) is 1.66. The molecule has 2 nitrogen and oxygen atoms in total. The molecular formula is C16H20O2. The number of hydrogen-bond donors (Lipinski definition) is 0. The zero-order chi connectivity index (χ0) is 13.2. The van der Waals surface area contributed by atoms with E-state index >= 15 is 0 Å². The molecule has 1 rings (SSSR count). The number of ether oxygens (including phenoxy) is 1. The van der Waals surface area contributed by atoms with Crippen molar-refractivity contribution in [1.29, 1.82) is 0 Å². The van der Waals surface area contributed by atoms with Crippen LogP contribution in [0, 0.1) is 0 Å². The number of esters is 1. The first-order chi connectivity index (χ1) is 8.77. The Bertz CT molecular complexity index is 407. The maximum Gasteiger partial charge on any atom is 0.311 e. The largest absolute Gasteiger partial charge is 0.426 e. The molecule has 0 fully saturated rings. The molecule has 1 aromatic carbocycles. The van der Waals surface area contributed by atoms with Gasteiger partial charge in [-0.05, 0) is 37.3 Å². The zero-order valence-electron chi connectivity index (χ0n) is 10.7. The third-order valence-electron chi connectivity index (χ3n) is 2.60. The van der Waals surface area contributed by atoms with E-state index in [1.807, 2.05) is 30.3 Å². The second-order valence-electron chi connectivity index (χ2n) is 4.11. The quantitative estimate of drug-likeness (QED) is 0.298. The molecular weight excluding hydrogens is 224 g/mol. The minimum atomic E-state index is -0.171. The normalized spacial score (nSPS) is 9.78. The van der Waals surface area contributed by atoms with Crippen molar-refractivity contribution in [3.05, 3.63) is 55.1 Å². The predicted molar refractivity (Wildman–Crippen MR) is 74.6 cm³/mol. The summed E-state index contributed by atoms with van der Waals surface area (Å²) >= 11 is 0. The zero-order valence-corrected chi connectivity index (χ0v) is 10.7. The molecule has 0 spiro atoms. The van der Waals surface area contributed by atoms with Gasteiger partial charge in [-0.3, -0.25) is 4.79 Å². The summed E-state index contributed by atoms with van der Waals surface area (Å²) in [5.41, 5.74) is 0.993. The molecule has 0 saturated carbocycles. The van der Waals surface area contributed by atoms with Crippen LogP contribution in [0.4, 0.5) is 0 Å². The summed E-state index contributed by atoms with van der Waals surface area (Å²) in [5.74, 6) is 0.474. The van der Waals surface area contributed by atoms with Crippen molar-refractivity contribution in [2.75, 3.05) is 0 Å². The molecule has 0 aromatic heterocycles. The Labute approximate surface area is 109 Å². The van der Waals surface area contributed by atoms with Crippen LogP contribution >= 0.6 is 0 Å². The molecule has 0 unspecified atom stereocenters. The summed E-state index contributed by atoms with van der Waals surface area (Å²) < 4.78 is 5.37. The maximum atomic E-state index is 11.7. The van der Waals surface area contributed by atoms with Crippen LogP contribution in [-0.4, -0.2) is 5.97 Å². The van der Waals surface area contributed by atoms with Crippen LogP contribution in [0.3, 0.4) is 0 Å². The van der Waals surface area contributed by atoms with Crippen molar-refractivity contribution >= 4 is 5.97 Å². The van der Waals surface area contributed by atoms with Crippen molar-refractivity contribution in [2.24, 2.45) is 0 Å². The maximum absolute atomic E-state index is 11.7. The fourth-order valence-corrected chi connectivity index (χ4v) is 1.66. The number of allylic oxidation sites excluding steroid dienone is 2. The molecule has 0 aliphatic carbocycles. The number of unbranched alkanes of at least 4 members (excludes halogenated alkanes) is 2. The van der Waals surface area contributed by atoms with E-state index in [2.05, 4.69) is 13.2 Å². The first kappa shape index (κ1) is 14.2. The minimum Gasteiger partial charge on any atom is -0.426 e. The van der Waals surface area contributed by atoms with Crippen LogP contribution in [0.1, 0.15) is 31.2 Å². The SMILES string of the molecule is C=CCCCCC(=O)Oc1ccccc1CC=C. The molecule has 1 aromatic rings. The van der Waals surface area contributed by atoms with Gasteiger partial charge in [0, 0.05) is 6.42 Å². The topological polar surface area (TPSA) is 26.3 Å². The summed E-state index contributed by atoms with van der Waals surface area (Å²) in [6.07, 6.45) is 7.60. The van der Waals surface area contributed by atoms with E-state index in [-0.39, 0.29) is 5.97 Å². The monoisotopic (exact) mass is 244 g/mol. The summed E-state index contributed by atoms with van der Waals surface area (Å²) in [5, 5.41) is 0. The third kappa shape index (κ3) is 5.00. The van der Waals surface area contributed by atoms with Crippen molar-refractivity contribution in [3.8, 4) is 5.75 Å². The Morgan fingerprint density at radius 3 is 2.67 bits per heavy atom. The first-order valence-electron chi connectivity index (χ1n) is 6.28. The third-order valence-corrected chi connectivity index (χ3v) is 2.60. The van der Waals surface area contributed by atoms with Crippen LogP contribution in [0.25, 0.3) is 0 Å². The van der Waals surface area contributed by atoms with Gasteiger partial charge in [0.2, 0.25) is 0 Å². The van der Waals surface area contributed by atoms with Crippen LogP contribution in [-0.2, 0) is 11.2 Å². The molecule has 0 amide bonds. The fraction of sp³-hybridized carbons (Fsp3) is 0.312. The Morgan fingerprint density at radius 1 is 1.17 bits per heavy atom. The molecule has 0 saturated heterocycles. The lowest BCUT2D eigenvalue weighted by molar-refractivity contribution is -0.134. The Balaban J connectivity index is 2.48. The lowest BCUT2D eigenvalue weighted by Crippen LogP contribution is -2.08. The molecule has 18 heavy (non-hydrogen) atoms. The van der Waals surface area contributed by atoms with Gasteiger partial charge in [0.15, 0.2) is 0 Å². The Morgan fingerprint density at radius 2 is 1.94 bits per heavy atom. The molecule has 0 aliphatic heterocycles. The summed E-state index contributed by atoms with van der Waals surface area (Å²) in [6.45, 7) is 7.35. The highest BCUT2D eigenvalue weighted by Gasteiger charge is 2.07. The van der Waals surface area contributed by atoms with E-state index in [1.54, 1.807) is 6.08 Å². The molecule has 0 atom stereocenters. The summed E-state index contributed by atoms with van der Waals surface area (Å²) in [7, 11) is 0. The Kier molecular flexibility index (Phi) is 6.55. The minimum absolute atomic E-state index is 0.171. The van der Waals surface area contributed by atoms with Crippen molar-refractivity contribution in [2.45, 2.75) is 32.1 Å². The first-order valence-corrected chi connectivity index (χ1v) is 6.28. The summed E-state index contributed by atoms with van der Waals surface area (Å²) in [4.78, 5) is 11.7. The molecule has 96 valence electrons. The van der Waals surface area contributed by atoms with E-state index in [9.17, 15) is 4.79 Å². The van der Waals surface area contributed by atoms with Crippen molar-refractivity contribution in [3.63, 3.8) is 0 Å². The average molecular weight is 244 g/mol. The van der Waals surface area contributed by atoms with Crippen LogP contribution in [0.2, 0.25) is 0 Å². The Hall–Kier alpha value is -1.83. The predicted octanol–water partition coefficient (Wildman–Crippen LogP) is 4.07. The molecule has 0 heterocycles. The van der Waals surface area contributed by atoms with Gasteiger partial charge in [-0.2, -0.15) is 0 Å². The van der Waals surface area contributed by atoms with Crippen molar-refractivity contribution < 1.29 is 9.53 Å². The van der Waals surface area contributed by atoms with Crippen LogP contribution in [0.5, 0.6) is 5.75 Å². The molecule has 0 N–H and O–H groups in total. The van der Waals surface area contributed by atoms with E-state index < -0.39 is 0 Å². The van der Waals surface area contributed by atoms with E-state index in [4.69, 9.17) is 4.74 Å². The second-order valence-corrected chi connectivity index (χ2v) is 4.11.